The van der Waals surface area contributed by atoms with Crippen LogP contribution in [-0.4, -0.2) is 30.6 Å². The summed E-state index contributed by atoms with van der Waals surface area (Å²) in [6.07, 6.45) is 2.53. The lowest BCUT2D eigenvalue weighted by Crippen LogP contribution is -2.50. The maximum absolute atomic E-state index is 5.90. The van der Waals surface area contributed by atoms with E-state index in [9.17, 15) is 0 Å². The Morgan fingerprint density at radius 2 is 2.12 bits per heavy atom. The predicted molar refractivity (Wildman–Crippen MR) is 73.4 cm³/mol. The second kappa shape index (κ2) is 6.39. The molecular weight excluding hydrogens is 232 g/mol. The first-order chi connectivity index (χ1) is 8.28. The number of halogens is 1. The van der Waals surface area contributed by atoms with E-state index in [2.05, 4.69) is 29.3 Å². The topological polar surface area (TPSA) is 15.3 Å². The van der Waals surface area contributed by atoms with Gasteiger partial charge in [0.1, 0.15) is 0 Å². The van der Waals surface area contributed by atoms with Crippen LogP contribution in [0.1, 0.15) is 25.3 Å². The molecule has 1 aliphatic rings. The monoisotopic (exact) mass is 252 g/mol. The molecule has 1 aromatic carbocycles. The highest BCUT2D eigenvalue weighted by Gasteiger charge is 2.18. The Balaban J connectivity index is 1.87. The van der Waals surface area contributed by atoms with Crippen LogP contribution >= 0.6 is 11.6 Å². The number of rotatable bonds is 4. The smallest absolute Gasteiger partial charge is 0.0406 e. The fourth-order valence-corrected chi connectivity index (χ4v) is 2.55. The van der Waals surface area contributed by atoms with Crippen LogP contribution < -0.4 is 5.32 Å². The highest BCUT2D eigenvalue weighted by Crippen LogP contribution is 2.13. The molecule has 1 saturated heterocycles. The van der Waals surface area contributed by atoms with E-state index in [-0.39, 0.29) is 0 Å². The van der Waals surface area contributed by atoms with Crippen molar-refractivity contribution in [1.82, 2.24) is 10.2 Å². The third-order valence-corrected chi connectivity index (χ3v) is 3.55. The molecule has 0 amide bonds. The molecule has 0 saturated carbocycles. The van der Waals surface area contributed by atoms with E-state index in [1.165, 1.54) is 18.4 Å². The van der Waals surface area contributed by atoms with E-state index in [0.717, 1.165) is 31.2 Å². The first kappa shape index (κ1) is 12.9. The molecule has 3 heteroatoms. The predicted octanol–water partition coefficient (Wildman–Crippen LogP) is 2.91. The fourth-order valence-electron chi connectivity index (χ4n) is 2.43. The minimum atomic E-state index is 0.668. The molecule has 1 aromatic rings. The van der Waals surface area contributed by atoms with Gasteiger partial charge in [0.2, 0.25) is 0 Å². The Morgan fingerprint density at radius 3 is 2.82 bits per heavy atom. The molecule has 1 fully saturated rings. The molecule has 0 aromatic heterocycles. The SMILES string of the molecule is CCCC1CN(Cc2ccc(Cl)cc2)CCN1. The maximum Gasteiger partial charge on any atom is 0.0406 e. The second-order valence-electron chi connectivity index (χ2n) is 4.80. The van der Waals surface area contributed by atoms with Crippen molar-refractivity contribution >= 4 is 11.6 Å². The molecule has 1 aliphatic heterocycles. The fraction of sp³-hybridized carbons (Fsp3) is 0.571. The van der Waals surface area contributed by atoms with Gasteiger partial charge in [0.05, 0.1) is 0 Å². The zero-order valence-electron chi connectivity index (χ0n) is 10.5. The van der Waals surface area contributed by atoms with Crippen molar-refractivity contribution in [2.24, 2.45) is 0 Å². The largest absolute Gasteiger partial charge is 0.311 e. The molecule has 0 aliphatic carbocycles. The highest BCUT2D eigenvalue weighted by atomic mass is 35.5. The van der Waals surface area contributed by atoms with E-state index in [4.69, 9.17) is 11.6 Å². The van der Waals surface area contributed by atoms with Gasteiger partial charge in [-0.05, 0) is 24.1 Å². The van der Waals surface area contributed by atoms with Gasteiger partial charge in [-0.25, -0.2) is 0 Å². The lowest BCUT2D eigenvalue weighted by molar-refractivity contribution is 0.187. The molecule has 1 atom stereocenters. The zero-order chi connectivity index (χ0) is 12.1. The Morgan fingerprint density at radius 1 is 1.35 bits per heavy atom. The van der Waals surface area contributed by atoms with Gasteiger partial charge in [-0.1, -0.05) is 37.1 Å². The van der Waals surface area contributed by atoms with Crippen LogP contribution in [0.4, 0.5) is 0 Å². The number of hydrogen-bond acceptors (Lipinski definition) is 2. The molecule has 0 radical (unpaired) electrons. The van der Waals surface area contributed by atoms with Crippen LogP contribution in [0, 0.1) is 0 Å². The first-order valence-corrected chi connectivity index (χ1v) is 6.86. The van der Waals surface area contributed by atoms with Crippen LogP contribution in [0.15, 0.2) is 24.3 Å². The lowest BCUT2D eigenvalue weighted by Gasteiger charge is -2.33. The Hall–Kier alpha value is -0.570. The maximum atomic E-state index is 5.90. The average Bonchev–Trinajstić information content (AvgIpc) is 2.33. The number of hydrogen-bond donors (Lipinski definition) is 1. The molecule has 2 rings (SSSR count). The molecule has 1 N–H and O–H groups in total. The van der Waals surface area contributed by atoms with E-state index in [1.54, 1.807) is 0 Å². The summed E-state index contributed by atoms with van der Waals surface area (Å²) in [5, 5.41) is 4.40. The Labute approximate surface area is 109 Å². The van der Waals surface area contributed by atoms with Crippen molar-refractivity contribution in [3.8, 4) is 0 Å². The molecule has 17 heavy (non-hydrogen) atoms. The molecular formula is C14H21ClN2. The number of piperazine rings is 1. The lowest BCUT2D eigenvalue weighted by atomic mass is 10.1. The molecule has 94 valence electrons. The third kappa shape index (κ3) is 3.98. The average molecular weight is 253 g/mol. The molecule has 0 bridgehead atoms. The number of nitrogens with zero attached hydrogens (tertiary/aromatic N) is 1. The van der Waals surface area contributed by atoms with Crippen LogP contribution in [-0.2, 0) is 6.54 Å². The van der Waals surface area contributed by atoms with Crippen LogP contribution in [0.25, 0.3) is 0 Å². The minimum Gasteiger partial charge on any atom is -0.311 e. The zero-order valence-corrected chi connectivity index (χ0v) is 11.2. The van der Waals surface area contributed by atoms with Crippen molar-refractivity contribution in [3.05, 3.63) is 34.9 Å². The molecule has 0 spiro atoms. The quantitative estimate of drug-likeness (QED) is 0.887. The van der Waals surface area contributed by atoms with E-state index in [1.807, 2.05) is 12.1 Å². The first-order valence-electron chi connectivity index (χ1n) is 6.48. The summed E-state index contributed by atoms with van der Waals surface area (Å²) in [4.78, 5) is 2.53. The van der Waals surface area contributed by atoms with Crippen LogP contribution in [0.5, 0.6) is 0 Å². The van der Waals surface area contributed by atoms with Gasteiger partial charge in [0, 0.05) is 37.2 Å². The normalized spacial score (nSPS) is 21.6. The summed E-state index contributed by atoms with van der Waals surface area (Å²) in [6.45, 7) is 6.70. The van der Waals surface area contributed by atoms with Crippen molar-refractivity contribution in [2.75, 3.05) is 19.6 Å². The van der Waals surface area contributed by atoms with E-state index < -0.39 is 0 Å². The van der Waals surface area contributed by atoms with Gasteiger partial charge < -0.3 is 5.32 Å². The Kier molecular flexibility index (Phi) is 4.84. The number of benzene rings is 1. The van der Waals surface area contributed by atoms with Gasteiger partial charge >= 0.3 is 0 Å². The third-order valence-electron chi connectivity index (χ3n) is 3.30. The second-order valence-corrected chi connectivity index (χ2v) is 5.24. The van der Waals surface area contributed by atoms with Crippen molar-refractivity contribution in [2.45, 2.75) is 32.4 Å². The summed E-state index contributed by atoms with van der Waals surface area (Å²) in [6, 6.07) is 8.87. The summed E-state index contributed by atoms with van der Waals surface area (Å²) in [5.41, 5.74) is 1.35. The molecule has 2 nitrogen and oxygen atoms in total. The van der Waals surface area contributed by atoms with E-state index >= 15 is 0 Å². The van der Waals surface area contributed by atoms with Crippen molar-refractivity contribution in [1.29, 1.82) is 0 Å². The van der Waals surface area contributed by atoms with Gasteiger partial charge in [-0.3, -0.25) is 4.90 Å². The van der Waals surface area contributed by atoms with Crippen LogP contribution in [0.3, 0.4) is 0 Å². The van der Waals surface area contributed by atoms with Crippen molar-refractivity contribution < 1.29 is 0 Å². The molecule has 1 heterocycles. The molecule has 1 unspecified atom stereocenters. The van der Waals surface area contributed by atoms with Gasteiger partial charge in [0.25, 0.3) is 0 Å². The van der Waals surface area contributed by atoms with Gasteiger partial charge in [0.15, 0.2) is 0 Å². The minimum absolute atomic E-state index is 0.668. The van der Waals surface area contributed by atoms with Crippen molar-refractivity contribution in [3.63, 3.8) is 0 Å². The summed E-state index contributed by atoms with van der Waals surface area (Å²) >= 11 is 5.90. The number of nitrogens with one attached hydrogen (secondary N) is 1. The summed E-state index contributed by atoms with van der Waals surface area (Å²) < 4.78 is 0. The Bertz CT molecular complexity index is 335. The standard InChI is InChI=1S/C14H21ClN2/c1-2-3-14-11-17(9-8-16-14)10-12-4-6-13(15)7-5-12/h4-7,14,16H,2-3,8-11H2,1H3. The van der Waals surface area contributed by atoms with Gasteiger partial charge in [-0.2, -0.15) is 0 Å². The van der Waals surface area contributed by atoms with Crippen LogP contribution in [0.2, 0.25) is 5.02 Å². The highest BCUT2D eigenvalue weighted by molar-refractivity contribution is 6.30. The van der Waals surface area contributed by atoms with E-state index in [0.29, 0.717) is 6.04 Å². The summed E-state index contributed by atoms with van der Waals surface area (Å²) in [7, 11) is 0. The summed E-state index contributed by atoms with van der Waals surface area (Å²) in [5.74, 6) is 0. The van der Waals surface area contributed by atoms with Gasteiger partial charge in [-0.15, -0.1) is 0 Å².